The number of nitriles is 1. The first-order valence-corrected chi connectivity index (χ1v) is 12.3. The molecule has 1 saturated carbocycles. The summed E-state index contributed by atoms with van der Waals surface area (Å²) in [5, 5.41) is 18.6. The van der Waals surface area contributed by atoms with Crippen LogP contribution in [0.4, 0.5) is 5.82 Å². The van der Waals surface area contributed by atoms with Crippen molar-refractivity contribution in [2.24, 2.45) is 5.92 Å². The summed E-state index contributed by atoms with van der Waals surface area (Å²) in [7, 11) is 0. The van der Waals surface area contributed by atoms with Gasteiger partial charge in [-0.05, 0) is 62.8 Å². The Morgan fingerprint density at radius 2 is 1.94 bits per heavy atom. The normalized spacial score (nSPS) is 19.3. The number of nitrogens with zero attached hydrogens (tertiary/aromatic N) is 4. The van der Waals surface area contributed by atoms with Crippen LogP contribution in [0.5, 0.6) is 0 Å². The van der Waals surface area contributed by atoms with Crippen LogP contribution >= 0.6 is 11.6 Å². The molecule has 2 aliphatic rings. The number of nitrogens with one attached hydrogen (secondary N) is 1. The van der Waals surface area contributed by atoms with Crippen molar-refractivity contribution < 1.29 is 4.79 Å². The smallest absolute Gasteiger partial charge is 0.214 e. The Balaban J connectivity index is 1.40. The van der Waals surface area contributed by atoms with Crippen LogP contribution in [0.3, 0.4) is 0 Å². The van der Waals surface area contributed by atoms with Gasteiger partial charge in [-0.15, -0.1) is 0 Å². The van der Waals surface area contributed by atoms with Gasteiger partial charge in [0.05, 0.1) is 5.69 Å². The molecule has 0 radical (unpaired) electrons. The molecule has 5 rings (SSSR count). The van der Waals surface area contributed by atoms with Gasteiger partial charge in [0.2, 0.25) is 5.78 Å². The summed E-state index contributed by atoms with van der Waals surface area (Å²) in [5.74, 6) is 1.16. The maximum atomic E-state index is 13.3. The fourth-order valence-corrected chi connectivity index (χ4v) is 5.37. The molecule has 1 saturated heterocycles. The van der Waals surface area contributed by atoms with Crippen LogP contribution in [-0.2, 0) is 0 Å². The molecule has 2 bridgehead atoms. The number of anilines is 1. The first-order chi connectivity index (χ1) is 16.5. The maximum absolute atomic E-state index is 13.3. The molecule has 34 heavy (non-hydrogen) atoms. The molecule has 1 aliphatic heterocycles. The largest absolute Gasteiger partial charge is 0.369 e. The van der Waals surface area contributed by atoms with Gasteiger partial charge in [-0.3, -0.25) is 4.79 Å². The third-order valence-corrected chi connectivity index (χ3v) is 7.29. The van der Waals surface area contributed by atoms with E-state index in [1.165, 1.54) is 25.8 Å². The van der Waals surface area contributed by atoms with Crippen LogP contribution in [0.2, 0.25) is 5.02 Å². The quantitative estimate of drug-likeness (QED) is 0.358. The summed E-state index contributed by atoms with van der Waals surface area (Å²) in [4.78, 5) is 15.9. The lowest BCUT2D eigenvalue weighted by molar-refractivity contribution is 0.103. The molecule has 2 atom stereocenters. The number of fused-ring (bicyclic) bond motifs is 2. The van der Waals surface area contributed by atoms with E-state index in [0.29, 0.717) is 22.9 Å². The summed E-state index contributed by atoms with van der Waals surface area (Å²) in [6.07, 6.45) is 5.01. The molecule has 0 spiro atoms. The number of aryl methyl sites for hydroxylation is 1. The van der Waals surface area contributed by atoms with Crippen LogP contribution in [0.1, 0.15) is 52.9 Å². The topological polar surface area (TPSA) is 74.0 Å². The highest BCUT2D eigenvalue weighted by Gasteiger charge is 2.37. The molecule has 1 aromatic heterocycles. The molecule has 2 fully saturated rings. The summed E-state index contributed by atoms with van der Waals surface area (Å²) < 4.78 is 1.65. The highest BCUT2D eigenvalue weighted by Crippen LogP contribution is 2.37. The SMILES string of the molecule is Cc1ccc(C(=O)c2nn(-c3ccc(Cl)cc3)c(NCCCN3CC4CCC3C4)c2C#N)cc1. The number of halogens is 1. The van der Waals surface area contributed by atoms with Crippen molar-refractivity contribution in [3.05, 3.63) is 75.9 Å². The van der Waals surface area contributed by atoms with Gasteiger partial charge in [0.15, 0.2) is 5.69 Å². The molecule has 0 amide bonds. The van der Waals surface area contributed by atoms with Crippen LogP contribution < -0.4 is 5.32 Å². The average Bonchev–Trinajstić information content (AvgIpc) is 3.57. The minimum absolute atomic E-state index is 0.153. The summed E-state index contributed by atoms with van der Waals surface area (Å²) in [5.41, 5.74) is 2.74. The van der Waals surface area contributed by atoms with Gasteiger partial charge in [0.25, 0.3) is 0 Å². The van der Waals surface area contributed by atoms with Crippen molar-refractivity contribution >= 4 is 23.2 Å². The summed E-state index contributed by atoms with van der Waals surface area (Å²) >= 11 is 6.08. The Kier molecular flexibility index (Phi) is 6.40. The Morgan fingerprint density at radius 1 is 1.18 bits per heavy atom. The van der Waals surface area contributed by atoms with Crippen LogP contribution in [0.25, 0.3) is 5.69 Å². The third kappa shape index (κ3) is 4.46. The van der Waals surface area contributed by atoms with Crippen molar-refractivity contribution in [1.82, 2.24) is 14.7 Å². The zero-order valence-corrected chi connectivity index (χ0v) is 20.1. The van der Waals surface area contributed by atoms with E-state index >= 15 is 0 Å². The van der Waals surface area contributed by atoms with Gasteiger partial charge in [-0.25, -0.2) is 4.68 Å². The Morgan fingerprint density at radius 3 is 2.59 bits per heavy atom. The lowest BCUT2D eigenvalue weighted by atomic mass is 10.0. The van der Waals surface area contributed by atoms with E-state index in [0.717, 1.165) is 36.2 Å². The van der Waals surface area contributed by atoms with Crippen molar-refractivity contribution in [3.63, 3.8) is 0 Å². The molecule has 2 unspecified atom stereocenters. The van der Waals surface area contributed by atoms with E-state index in [1.807, 2.05) is 31.2 Å². The van der Waals surface area contributed by atoms with Crippen molar-refractivity contribution in [1.29, 1.82) is 5.26 Å². The molecule has 2 heterocycles. The van der Waals surface area contributed by atoms with Crippen molar-refractivity contribution in [2.75, 3.05) is 25.0 Å². The lowest BCUT2D eigenvalue weighted by Crippen LogP contribution is -2.33. The second kappa shape index (κ2) is 9.61. The van der Waals surface area contributed by atoms with E-state index in [2.05, 4.69) is 21.4 Å². The Hall–Kier alpha value is -3.14. The molecular formula is C27H28ClN5O. The number of rotatable bonds is 8. The van der Waals surface area contributed by atoms with Crippen LogP contribution in [0.15, 0.2) is 48.5 Å². The van der Waals surface area contributed by atoms with Gasteiger partial charge < -0.3 is 10.2 Å². The predicted octanol–water partition coefficient (Wildman–Crippen LogP) is 5.22. The Bertz CT molecular complexity index is 1230. The molecule has 174 valence electrons. The number of likely N-dealkylation sites (tertiary alicyclic amines) is 1. The molecule has 3 aromatic rings. The van der Waals surface area contributed by atoms with E-state index in [9.17, 15) is 10.1 Å². The molecule has 1 N–H and O–H groups in total. The number of hydrogen-bond acceptors (Lipinski definition) is 5. The lowest BCUT2D eigenvalue weighted by Gasteiger charge is -2.26. The number of benzene rings is 2. The number of aromatic nitrogens is 2. The number of hydrogen-bond donors (Lipinski definition) is 1. The molecule has 2 aromatic carbocycles. The fraction of sp³-hybridized carbons (Fsp3) is 0.370. The number of piperidine rings is 1. The number of ketones is 1. The van der Waals surface area contributed by atoms with E-state index in [4.69, 9.17) is 11.6 Å². The fourth-order valence-electron chi connectivity index (χ4n) is 5.25. The van der Waals surface area contributed by atoms with Crippen molar-refractivity contribution in [3.8, 4) is 11.8 Å². The van der Waals surface area contributed by atoms with Crippen LogP contribution in [0, 0.1) is 24.2 Å². The average molecular weight is 474 g/mol. The first kappa shape index (κ1) is 22.6. The summed E-state index contributed by atoms with van der Waals surface area (Å²) in [6.45, 7) is 4.92. The van der Waals surface area contributed by atoms with E-state index < -0.39 is 0 Å². The highest BCUT2D eigenvalue weighted by atomic mass is 35.5. The molecule has 7 heteroatoms. The Labute approximate surface area is 205 Å². The van der Waals surface area contributed by atoms with Gasteiger partial charge in [0.1, 0.15) is 17.5 Å². The van der Waals surface area contributed by atoms with Gasteiger partial charge in [-0.2, -0.15) is 10.4 Å². The monoisotopic (exact) mass is 473 g/mol. The number of carbonyl (C=O) groups is 1. The van der Waals surface area contributed by atoms with Gasteiger partial charge >= 0.3 is 0 Å². The second-order valence-electron chi connectivity index (χ2n) is 9.38. The molecule has 1 aliphatic carbocycles. The first-order valence-electron chi connectivity index (χ1n) is 11.9. The van der Waals surface area contributed by atoms with E-state index in [-0.39, 0.29) is 17.0 Å². The highest BCUT2D eigenvalue weighted by molar-refractivity contribution is 6.30. The zero-order chi connectivity index (χ0) is 23.7. The zero-order valence-electron chi connectivity index (χ0n) is 19.3. The van der Waals surface area contributed by atoms with Gasteiger partial charge in [-0.1, -0.05) is 41.4 Å². The maximum Gasteiger partial charge on any atom is 0.214 e. The molecular weight excluding hydrogens is 446 g/mol. The van der Waals surface area contributed by atoms with Crippen molar-refractivity contribution in [2.45, 2.75) is 38.6 Å². The van der Waals surface area contributed by atoms with Crippen LogP contribution in [-0.4, -0.2) is 46.1 Å². The number of carbonyl (C=O) groups excluding carboxylic acids is 1. The summed E-state index contributed by atoms with van der Waals surface area (Å²) in [6, 6.07) is 17.5. The van der Waals surface area contributed by atoms with E-state index in [1.54, 1.807) is 28.9 Å². The van der Waals surface area contributed by atoms with Gasteiger partial charge in [0, 0.05) is 36.3 Å². The second-order valence-corrected chi connectivity index (χ2v) is 9.81. The third-order valence-electron chi connectivity index (χ3n) is 7.03. The minimum Gasteiger partial charge on any atom is -0.369 e. The predicted molar refractivity (Wildman–Crippen MR) is 134 cm³/mol. The standard InChI is InChI=1S/C27H28ClN5O/c1-18-3-6-20(7-4-18)26(34)25-24(16-29)27(33(31-25)22-11-8-21(28)9-12-22)30-13-2-14-32-17-19-5-10-23(32)15-19/h3-4,6-9,11-12,19,23,30H,2,5,10,13-15,17H2,1H3. The minimum atomic E-state index is -0.264. The molecule has 6 nitrogen and oxygen atoms in total.